The van der Waals surface area contributed by atoms with Gasteiger partial charge in [0.1, 0.15) is 5.52 Å². The molecule has 0 amide bonds. The Bertz CT molecular complexity index is 577. The first-order valence-electron chi connectivity index (χ1n) is 5.78. The Hall–Kier alpha value is -2.04. The number of aromatic nitrogens is 1. The highest BCUT2D eigenvalue weighted by atomic mass is 16.4. The van der Waals surface area contributed by atoms with Crippen LogP contribution in [0.25, 0.3) is 11.1 Å². The molecule has 1 heterocycles. The Morgan fingerprint density at radius 1 is 1.56 bits per heavy atom. The topological polar surface area (TPSA) is 66.6 Å². The first-order chi connectivity index (χ1) is 8.47. The molecule has 0 aliphatic rings. The van der Waals surface area contributed by atoms with Crippen molar-refractivity contribution >= 4 is 22.8 Å². The molecule has 0 aliphatic heterocycles. The van der Waals surface area contributed by atoms with Crippen LogP contribution >= 0.6 is 0 Å². The highest BCUT2D eigenvalue weighted by Gasteiger charge is 2.14. The number of fused-ring (bicyclic) bond motifs is 1. The van der Waals surface area contributed by atoms with Gasteiger partial charge in [0.25, 0.3) is 0 Å². The predicted octanol–water partition coefficient (Wildman–Crippen LogP) is 2.29. The van der Waals surface area contributed by atoms with Crippen LogP contribution in [-0.4, -0.2) is 29.7 Å². The second-order valence-electron chi connectivity index (χ2n) is 4.50. The van der Waals surface area contributed by atoms with Crippen LogP contribution in [0.3, 0.4) is 0 Å². The van der Waals surface area contributed by atoms with Gasteiger partial charge in [-0.15, -0.1) is 0 Å². The van der Waals surface area contributed by atoms with E-state index >= 15 is 0 Å². The molecule has 0 spiro atoms. The van der Waals surface area contributed by atoms with Crippen LogP contribution in [0.15, 0.2) is 22.6 Å². The summed E-state index contributed by atoms with van der Waals surface area (Å²) in [4.78, 5) is 16.9. The Morgan fingerprint density at radius 2 is 2.28 bits per heavy atom. The van der Waals surface area contributed by atoms with Crippen LogP contribution < -0.4 is 4.90 Å². The van der Waals surface area contributed by atoms with Gasteiger partial charge in [-0.3, -0.25) is 4.79 Å². The molecule has 0 radical (unpaired) electrons. The van der Waals surface area contributed by atoms with E-state index in [1.807, 2.05) is 30.1 Å². The molecular weight excluding hydrogens is 232 g/mol. The second kappa shape index (κ2) is 4.68. The smallest absolute Gasteiger partial charge is 0.308 e. The van der Waals surface area contributed by atoms with Gasteiger partial charge >= 0.3 is 5.97 Å². The Balaban J connectivity index is 2.22. The maximum atomic E-state index is 10.8. The fourth-order valence-electron chi connectivity index (χ4n) is 1.86. The van der Waals surface area contributed by atoms with Crippen LogP contribution in [0.1, 0.15) is 12.8 Å². The summed E-state index contributed by atoms with van der Waals surface area (Å²) < 4.78 is 5.46. The molecule has 2 rings (SSSR count). The summed E-state index contributed by atoms with van der Waals surface area (Å²) in [6, 6.07) is 5.67. The quantitative estimate of drug-likeness (QED) is 0.899. The Kier molecular flexibility index (Phi) is 3.23. The fourth-order valence-corrected chi connectivity index (χ4v) is 1.86. The lowest BCUT2D eigenvalue weighted by molar-refractivity contribution is -0.140. The number of rotatable bonds is 4. The third kappa shape index (κ3) is 2.45. The Morgan fingerprint density at radius 3 is 2.94 bits per heavy atom. The molecular formula is C13H16N2O3. The zero-order valence-corrected chi connectivity index (χ0v) is 10.7. The van der Waals surface area contributed by atoms with Crippen molar-refractivity contribution in [2.45, 2.75) is 13.8 Å². The van der Waals surface area contributed by atoms with Crippen molar-refractivity contribution in [2.24, 2.45) is 5.92 Å². The van der Waals surface area contributed by atoms with Gasteiger partial charge in [0.2, 0.25) is 0 Å². The summed E-state index contributed by atoms with van der Waals surface area (Å²) in [5.41, 5.74) is 2.46. The van der Waals surface area contributed by atoms with Gasteiger partial charge in [-0.25, -0.2) is 4.98 Å². The molecule has 96 valence electrons. The highest BCUT2D eigenvalue weighted by molar-refractivity contribution is 5.78. The molecule has 1 unspecified atom stereocenters. The summed E-state index contributed by atoms with van der Waals surface area (Å²) in [7, 11) is 1.86. The van der Waals surface area contributed by atoms with Crippen LogP contribution in [-0.2, 0) is 4.79 Å². The number of carboxylic acids is 1. The number of nitrogens with zero attached hydrogens (tertiary/aromatic N) is 2. The van der Waals surface area contributed by atoms with Gasteiger partial charge in [-0.05, 0) is 12.1 Å². The van der Waals surface area contributed by atoms with Crippen LogP contribution in [0.5, 0.6) is 0 Å². The van der Waals surface area contributed by atoms with Crippen molar-refractivity contribution in [3.8, 4) is 0 Å². The lowest BCUT2D eigenvalue weighted by Gasteiger charge is -2.21. The van der Waals surface area contributed by atoms with Crippen molar-refractivity contribution in [2.75, 3.05) is 18.5 Å². The average molecular weight is 248 g/mol. The number of hydrogen-bond acceptors (Lipinski definition) is 4. The molecule has 5 heteroatoms. The molecule has 1 N–H and O–H groups in total. The summed E-state index contributed by atoms with van der Waals surface area (Å²) >= 11 is 0. The maximum absolute atomic E-state index is 10.8. The molecule has 0 saturated heterocycles. The van der Waals surface area contributed by atoms with Gasteiger partial charge in [0.15, 0.2) is 11.5 Å². The number of hydrogen-bond donors (Lipinski definition) is 1. The monoisotopic (exact) mass is 248 g/mol. The third-order valence-electron chi connectivity index (χ3n) is 2.89. The summed E-state index contributed by atoms with van der Waals surface area (Å²) in [6.45, 7) is 3.94. The van der Waals surface area contributed by atoms with Crippen LogP contribution in [0.4, 0.5) is 5.69 Å². The lowest BCUT2D eigenvalue weighted by Crippen LogP contribution is -2.28. The van der Waals surface area contributed by atoms with Crippen molar-refractivity contribution in [1.29, 1.82) is 0 Å². The minimum absolute atomic E-state index is 0.415. The number of anilines is 1. The average Bonchev–Trinajstić information content (AvgIpc) is 2.67. The molecule has 0 bridgehead atoms. The summed E-state index contributed by atoms with van der Waals surface area (Å²) in [5.74, 6) is -0.579. The number of aryl methyl sites for hydroxylation is 1. The predicted molar refractivity (Wildman–Crippen MR) is 68.8 cm³/mol. The molecule has 1 atom stereocenters. The molecule has 2 aromatic rings. The normalized spacial score (nSPS) is 12.6. The summed E-state index contributed by atoms with van der Waals surface area (Å²) in [6.07, 6.45) is 0. The van der Waals surface area contributed by atoms with E-state index in [1.165, 1.54) is 0 Å². The number of carboxylic acid groups (broad SMARTS) is 1. The van der Waals surface area contributed by atoms with Crippen LogP contribution in [0, 0.1) is 12.8 Å². The minimum atomic E-state index is -0.793. The van der Waals surface area contributed by atoms with E-state index in [0.717, 1.165) is 16.8 Å². The van der Waals surface area contributed by atoms with Crippen molar-refractivity contribution in [3.05, 3.63) is 24.1 Å². The van der Waals surface area contributed by atoms with E-state index in [9.17, 15) is 4.79 Å². The molecule has 0 saturated carbocycles. The van der Waals surface area contributed by atoms with E-state index in [0.29, 0.717) is 12.4 Å². The van der Waals surface area contributed by atoms with Crippen molar-refractivity contribution < 1.29 is 14.3 Å². The van der Waals surface area contributed by atoms with Gasteiger partial charge in [0.05, 0.1) is 5.92 Å². The molecule has 1 aromatic heterocycles. The van der Waals surface area contributed by atoms with Crippen LogP contribution in [0.2, 0.25) is 0 Å². The Labute approximate surface area is 105 Å². The molecule has 18 heavy (non-hydrogen) atoms. The first kappa shape index (κ1) is 12.4. The molecule has 5 nitrogen and oxygen atoms in total. The molecule has 0 fully saturated rings. The number of carbonyl (C=O) groups is 1. The zero-order valence-electron chi connectivity index (χ0n) is 10.7. The highest BCUT2D eigenvalue weighted by Crippen LogP contribution is 2.22. The third-order valence-corrected chi connectivity index (χ3v) is 2.89. The maximum Gasteiger partial charge on any atom is 0.308 e. The van der Waals surface area contributed by atoms with Gasteiger partial charge in [0, 0.05) is 32.3 Å². The lowest BCUT2D eigenvalue weighted by atomic mass is 10.1. The second-order valence-corrected chi connectivity index (χ2v) is 4.50. The van der Waals surface area contributed by atoms with Gasteiger partial charge in [-0.1, -0.05) is 6.92 Å². The number of aliphatic carboxylic acids is 1. The van der Waals surface area contributed by atoms with E-state index < -0.39 is 11.9 Å². The number of oxazole rings is 1. The SMILES string of the molecule is Cc1nc2ccc(N(C)CC(C)C(=O)O)cc2o1. The van der Waals surface area contributed by atoms with Crippen molar-refractivity contribution in [3.63, 3.8) is 0 Å². The fraction of sp³-hybridized carbons (Fsp3) is 0.385. The molecule has 0 aliphatic carbocycles. The van der Waals surface area contributed by atoms with E-state index in [2.05, 4.69) is 4.98 Å². The first-order valence-corrected chi connectivity index (χ1v) is 5.78. The van der Waals surface area contributed by atoms with Crippen molar-refractivity contribution in [1.82, 2.24) is 4.98 Å². The standard InChI is InChI=1S/C13H16N2O3/c1-8(13(16)17)7-15(3)10-4-5-11-12(6-10)18-9(2)14-11/h4-6,8H,7H2,1-3H3,(H,16,17). The summed E-state index contributed by atoms with van der Waals surface area (Å²) in [5, 5.41) is 8.90. The van der Waals surface area contributed by atoms with E-state index in [-0.39, 0.29) is 0 Å². The van der Waals surface area contributed by atoms with Gasteiger partial charge in [-0.2, -0.15) is 0 Å². The largest absolute Gasteiger partial charge is 0.481 e. The number of benzene rings is 1. The van der Waals surface area contributed by atoms with E-state index in [4.69, 9.17) is 9.52 Å². The zero-order chi connectivity index (χ0) is 13.3. The van der Waals surface area contributed by atoms with E-state index in [1.54, 1.807) is 13.8 Å². The van der Waals surface area contributed by atoms with Gasteiger partial charge < -0.3 is 14.4 Å². The minimum Gasteiger partial charge on any atom is -0.481 e. The molecule has 1 aromatic carbocycles.